The van der Waals surface area contributed by atoms with E-state index in [2.05, 4.69) is 56.9 Å². The second-order valence-electron chi connectivity index (χ2n) is 6.24. The summed E-state index contributed by atoms with van der Waals surface area (Å²) in [7, 11) is 0. The molecule has 1 aliphatic heterocycles. The van der Waals surface area contributed by atoms with Crippen molar-refractivity contribution in [3.05, 3.63) is 45.1 Å². The van der Waals surface area contributed by atoms with E-state index in [1.165, 1.54) is 40.6 Å². The van der Waals surface area contributed by atoms with Crippen LogP contribution < -0.4 is 5.32 Å². The van der Waals surface area contributed by atoms with Gasteiger partial charge in [0.2, 0.25) is 0 Å². The van der Waals surface area contributed by atoms with Crippen molar-refractivity contribution in [1.29, 1.82) is 0 Å². The van der Waals surface area contributed by atoms with Crippen LogP contribution in [0, 0.1) is 0 Å². The van der Waals surface area contributed by atoms with E-state index in [1.54, 1.807) is 17.3 Å². The standard InChI is InChI=1S/C17H19BrN2S/c1-21-16-19-10-11-5-7-17(9-15(11)20-16)8-6-12-13(17)3-2-4-14(12)18/h2-4,10,16,20H,5-9H2,1H3. The molecule has 0 aromatic heterocycles. The normalized spacial score (nSPS) is 30.3. The number of fused-ring (bicyclic) bond motifs is 2. The molecule has 2 nitrogen and oxygen atoms in total. The van der Waals surface area contributed by atoms with Crippen molar-refractivity contribution in [3.8, 4) is 0 Å². The fourth-order valence-corrected chi connectivity index (χ4v) is 5.07. The number of allylic oxidation sites excluding steroid dienone is 2. The maximum Gasteiger partial charge on any atom is 0.166 e. The highest BCUT2D eigenvalue weighted by Gasteiger charge is 2.42. The number of benzene rings is 1. The number of aliphatic imine (C=N–C) groups is 1. The van der Waals surface area contributed by atoms with Gasteiger partial charge >= 0.3 is 0 Å². The Hall–Kier alpha value is -0.740. The minimum atomic E-state index is 0.197. The number of thioether (sulfide) groups is 1. The summed E-state index contributed by atoms with van der Waals surface area (Å²) in [6, 6.07) is 6.72. The largest absolute Gasteiger partial charge is 0.358 e. The zero-order valence-electron chi connectivity index (χ0n) is 12.2. The second-order valence-corrected chi connectivity index (χ2v) is 8.01. The highest BCUT2D eigenvalue weighted by Crippen LogP contribution is 2.51. The van der Waals surface area contributed by atoms with E-state index in [0.717, 1.165) is 12.8 Å². The number of hydrogen-bond acceptors (Lipinski definition) is 3. The predicted octanol–water partition coefficient (Wildman–Crippen LogP) is 4.39. The van der Waals surface area contributed by atoms with E-state index in [4.69, 9.17) is 0 Å². The molecule has 2 atom stereocenters. The van der Waals surface area contributed by atoms with Gasteiger partial charge < -0.3 is 5.32 Å². The monoisotopic (exact) mass is 362 g/mol. The molecule has 0 radical (unpaired) electrons. The van der Waals surface area contributed by atoms with Gasteiger partial charge in [-0.3, -0.25) is 4.99 Å². The van der Waals surface area contributed by atoms with Crippen molar-refractivity contribution in [3.63, 3.8) is 0 Å². The molecule has 1 spiro atoms. The van der Waals surface area contributed by atoms with Gasteiger partial charge in [-0.2, -0.15) is 0 Å². The van der Waals surface area contributed by atoms with Crippen LogP contribution in [0.25, 0.3) is 0 Å². The third kappa shape index (κ3) is 2.18. The molecule has 2 unspecified atom stereocenters. The molecule has 0 fully saturated rings. The number of rotatable bonds is 1. The van der Waals surface area contributed by atoms with Crippen molar-refractivity contribution in [1.82, 2.24) is 5.32 Å². The maximum atomic E-state index is 4.57. The minimum absolute atomic E-state index is 0.197. The summed E-state index contributed by atoms with van der Waals surface area (Å²) in [5.41, 5.74) is 6.51. The van der Waals surface area contributed by atoms with Crippen LogP contribution in [0.1, 0.15) is 36.8 Å². The summed E-state index contributed by atoms with van der Waals surface area (Å²) in [4.78, 5) is 4.57. The Balaban J connectivity index is 1.70. The van der Waals surface area contributed by atoms with E-state index < -0.39 is 0 Å². The minimum Gasteiger partial charge on any atom is -0.358 e. The molecular formula is C17H19BrN2S. The van der Waals surface area contributed by atoms with Crippen molar-refractivity contribution in [2.45, 2.75) is 43.0 Å². The van der Waals surface area contributed by atoms with Crippen molar-refractivity contribution in [2.75, 3.05) is 6.26 Å². The Kier molecular flexibility index (Phi) is 3.42. The Morgan fingerprint density at radius 2 is 2.19 bits per heavy atom. The lowest BCUT2D eigenvalue weighted by molar-refractivity contribution is 0.357. The molecule has 4 rings (SSSR count). The zero-order chi connectivity index (χ0) is 14.4. The molecule has 0 saturated heterocycles. The summed E-state index contributed by atoms with van der Waals surface area (Å²) >= 11 is 5.50. The van der Waals surface area contributed by atoms with Gasteiger partial charge in [-0.25, -0.2) is 0 Å². The lowest BCUT2D eigenvalue weighted by Crippen LogP contribution is -2.37. The quantitative estimate of drug-likeness (QED) is 0.800. The van der Waals surface area contributed by atoms with Gasteiger partial charge in [0.05, 0.1) is 0 Å². The number of nitrogens with one attached hydrogen (secondary N) is 1. The predicted molar refractivity (Wildman–Crippen MR) is 93.9 cm³/mol. The molecule has 2 aliphatic carbocycles. The third-order valence-corrected chi connectivity index (χ3v) is 6.64. The zero-order valence-corrected chi connectivity index (χ0v) is 14.6. The van der Waals surface area contributed by atoms with Crippen LogP contribution >= 0.6 is 27.7 Å². The van der Waals surface area contributed by atoms with Crippen molar-refractivity contribution >= 4 is 33.9 Å². The average molecular weight is 363 g/mol. The van der Waals surface area contributed by atoms with Gasteiger partial charge in [-0.05, 0) is 61.1 Å². The van der Waals surface area contributed by atoms with Crippen LogP contribution in [-0.2, 0) is 11.8 Å². The van der Waals surface area contributed by atoms with Gasteiger partial charge in [0, 0.05) is 21.8 Å². The van der Waals surface area contributed by atoms with Crippen LogP contribution in [0.3, 0.4) is 0 Å². The molecule has 21 heavy (non-hydrogen) atoms. The smallest absolute Gasteiger partial charge is 0.166 e. The first-order valence-corrected chi connectivity index (χ1v) is 9.62. The van der Waals surface area contributed by atoms with Gasteiger partial charge in [0.25, 0.3) is 0 Å². The summed E-state index contributed by atoms with van der Waals surface area (Å²) in [6.45, 7) is 0. The summed E-state index contributed by atoms with van der Waals surface area (Å²) in [5.74, 6) is 0. The van der Waals surface area contributed by atoms with E-state index in [1.807, 2.05) is 0 Å². The Morgan fingerprint density at radius 1 is 1.33 bits per heavy atom. The van der Waals surface area contributed by atoms with Crippen LogP contribution in [0.4, 0.5) is 0 Å². The number of nitrogens with zero attached hydrogens (tertiary/aromatic N) is 1. The molecule has 110 valence electrons. The molecule has 3 aliphatic rings. The first kappa shape index (κ1) is 13.9. The van der Waals surface area contributed by atoms with Crippen LogP contribution in [0.15, 0.2) is 38.9 Å². The second kappa shape index (κ2) is 5.17. The topological polar surface area (TPSA) is 24.4 Å². The number of halogens is 1. The molecule has 0 saturated carbocycles. The van der Waals surface area contributed by atoms with E-state index in [-0.39, 0.29) is 5.50 Å². The SMILES string of the molecule is CSC1N=CC2=C(CC3(CC2)CCc2c(Br)cccc23)N1. The number of hydrogen-bond donors (Lipinski definition) is 1. The molecule has 1 aromatic rings. The third-order valence-electron chi connectivity index (χ3n) is 5.21. The molecule has 0 amide bonds. The molecular weight excluding hydrogens is 344 g/mol. The maximum absolute atomic E-state index is 4.57. The van der Waals surface area contributed by atoms with E-state index in [9.17, 15) is 0 Å². The van der Waals surface area contributed by atoms with Gasteiger partial charge in [0.15, 0.2) is 5.50 Å². The van der Waals surface area contributed by atoms with E-state index in [0.29, 0.717) is 5.41 Å². The summed E-state index contributed by atoms with van der Waals surface area (Å²) in [5, 5.41) is 3.63. The van der Waals surface area contributed by atoms with Gasteiger partial charge in [-0.1, -0.05) is 28.1 Å². The summed E-state index contributed by atoms with van der Waals surface area (Å²) in [6.07, 6.45) is 10.3. The molecule has 1 heterocycles. The van der Waals surface area contributed by atoms with Gasteiger partial charge in [0.1, 0.15) is 0 Å². The van der Waals surface area contributed by atoms with Gasteiger partial charge in [-0.15, -0.1) is 11.8 Å². The van der Waals surface area contributed by atoms with Crippen molar-refractivity contribution < 1.29 is 0 Å². The molecule has 1 N–H and O–H groups in total. The lowest BCUT2D eigenvalue weighted by Gasteiger charge is -2.39. The lowest BCUT2D eigenvalue weighted by atomic mass is 9.69. The summed E-state index contributed by atoms with van der Waals surface area (Å²) < 4.78 is 1.29. The van der Waals surface area contributed by atoms with Crippen molar-refractivity contribution in [2.24, 2.45) is 4.99 Å². The van der Waals surface area contributed by atoms with Crippen LogP contribution in [-0.4, -0.2) is 18.0 Å². The average Bonchev–Trinajstić information content (AvgIpc) is 2.86. The molecule has 4 heteroatoms. The first-order chi connectivity index (χ1) is 10.2. The molecule has 1 aromatic carbocycles. The van der Waals surface area contributed by atoms with Crippen LogP contribution in [0.2, 0.25) is 0 Å². The highest BCUT2D eigenvalue weighted by molar-refractivity contribution is 9.10. The van der Waals surface area contributed by atoms with Crippen LogP contribution in [0.5, 0.6) is 0 Å². The fraction of sp³-hybridized carbons (Fsp3) is 0.471. The highest BCUT2D eigenvalue weighted by atomic mass is 79.9. The Labute approximate surface area is 138 Å². The first-order valence-electron chi connectivity index (χ1n) is 7.54. The Bertz CT molecular complexity index is 652. The fourth-order valence-electron chi connectivity index (χ4n) is 4.07. The van der Waals surface area contributed by atoms with E-state index >= 15 is 0 Å². The Morgan fingerprint density at radius 3 is 3.05 bits per heavy atom. The molecule has 0 bridgehead atoms.